The number of fused-ring (bicyclic) bond motifs is 1. The molecule has 6 nitrogen and oxygen atoms in total. The Balaban J connectivity index is 1.82. The van der Waals surface area contributed by atoms with E-state index in [1.807, 2.05) is 41.1 Å². The van der Waals surface area contributed by atoms with Crippen LogP contribution in [0.1, 0.15) is 5.56 Å². The number of imidazole rings is 1. The average Bonchev–Trinajstić information content (AvgIpc) is 3.24. The molecular weight excluding hydrogens is 276 g/mol. The highest BCUT2D eigenvalue weighted by Gasteiger charge is 2.09. The topological polar surface area (TPSA) is 71.8 Å². The minimum absolute atomic E-state index is 0.469. The standard InChI is InChI=1S/C16H10N6/c17-9-13-10-20-22-15(5-6-19-16(13)22)12-1-3-14(4-2-12)21-8-7-18-11-21/h1-8,10-11H. The zero-order valence-corrected chi connectivity index (χ0v) is 11.5. The van der Waals surface area contributed by atoms with Crippen molar-refractivity contribution in [3.63, 3.8) is 0 Å². The van der Waals surface area contributed by atoms with Gasteiger partial charge in [0.2, 0.25) is 0 Å². The third-order valence-electron chi connectivity index (χ3n) is 3.49. The molecule has 4 aromatic rings. The number of hydrogen-bond acceptors (Lipinski definition) is 4. The number of nitrogens with zero attached hydrogens (tertiary/aromatic N) is 6. The van der Waals surface area contributed by atoms with Crippen molar-refractivity contribution in [2.45, 2.75) is 0 Å². The third kappa shape index (κ3) is 1.84. The summed E-state index contributed by atoms with van der Waals surface area (Å²) in [4.78, 5) is 8.26. The average molecular weight is 286 g/mol. The molecule has 0 N–H and O–H groups in total. The van der Waals surface area contributed by atoms with E-state index in [1.165, 1.54) is 6.20 Å². The van der Waals surface area contributed by atoms with Gasteiger partial charge in [0, 0.05) is 29.8 Å². The molecule has 0 spiro atoms. The van der Waals surface area contributed by atoms with E-state index in [9.17, 15) is 0 Å². The summed E-state index contributed by atoms with van der Waals surface area (Å²) in [7, 11) is 0. The van der Waals surface area contributed by atoms with Crippen LogP contribution >= 0.6 is 0 Å². The Labute approximate surface area is 125 Å². The van der Waals surface area contributed by atoms with Crippen molar-refractivity contribution in [2.24, 2.45) is 0 Å². The van der Waals surface area contributed by atoms with Crippen LogP contribution in [0.5, 0.6) is 0 Å². The van der Waals surface area contributed by atoms with E-state index in [0.717, 1.165) is 16.9 Å². The summed E-state index contributed by atoms with van der Waals surface area (Å²) in [5.41, 5.74) is 3.97. The number of hydrogen-bond donors (Lipinski definition) is 0. The monoisotopic (exact) mass is 286 g/mol. The molecule has 22 heavy (non-hydrogen) atoms. The molecule has 0 bridgehead atoms. The van der Waals surface area contributed by atoms with Gasteiger partial charge in [-0.2, -0.15) is 10.4 Å². The van der Waals surface area contributed by atoms with Crippen LogP contribution in [0.3, 0.4) is 0 Å². The Morgan fingerprint density at radius 3 is 2.64 bits per heavy atom. The van der Waals surface area contributed by atoms with Crippen molar-refractivity contribution in [3.8, 4) is 23.0 Å². The quantitative estimate of drug-likeness (QED) is 0.567. The maximum Gasteiger partial charge on any atom is 0.173 e. The summed E-state index contributed by atoms with van der Waals surface area (Å²) in [6.07, 6.45) is 8.62. The highest BCUT2D eigenvalue weighted by atomic mass is 15.3. The zero-order valence-electron chi connectivity index (χ0n) is 11.5. The summed E-state index contributed by atoms with van der Waals surface area (Å²) in [5, 5.41) is 13.3. The SMILES string of the molecule is N#Cc1cnn2c(-c3ccc(-n4ccnc4)cc3)ccnc12. The fourth-order valence-electron chi connectivity index (χ4n) is 2.41. The number of benzene rings is 1. The van der Waals surface area contributed by atoms with Crippen molar-refractivity contribution >= 4 is 5.65 Å². The van der Waals surface area contributed by atoms with E-state index in [0.29, 0.717) is 11.2 Å². The normalized spacial score (nSPS) is 10.7. The molecule has 0 fully saturated rings. The number of nitriles is 1. The van der Waals surface area contributed by atoms with Gasteiger partial charge >= 0.3 is 0 Å². The molecule has 4 rings (SSSR count). The second-order valence-electron chi connectivity index (χ2n) is 4.75. The molecule has 0 amide bonds. The Morgan fingerprint density at radius 2 is 1.91 bits per heavy atom. The van der Waals surface area contributed by atoms with Crippen LogP contribution < -0.4 is 0 Å². The smallest absolute Gasteiger partial charge is 0.173 e. The minimum atomic E-state index is 0.469. The molecule has 0 radical (unpaired) electrons. The Bertz CT molecular complexity index is 974. The van der Waals surface area contributed by atoms with Gasteiger partial charge in [-0.25, -0.2) is 14.5 Å². The lowest BCUT2D eigenvalue weighted by Crippen LogP contribution is -1.96. The van der Waals surface area contributed by atoms with Gasteiger partial charge in [-0.1, -0.05) is 12.1 Å². The first-order chi connectivity index (χ1) is 10.9. The van der Waals surface area contributed by atoms with Crippen molar-refractivity contribution < 1.29 is 0 Å². The Kier molecular flexibility index (Phi) is 2.70. The molecule has 6 heteroatoms. The first kappa shape index (κ1) is 12.3. The van der Waals surface area contributed by atoms with E-state index in [2.05, 4.69) is 21.1 Å². The molecule has 0 unspecified atom stereocenters. The summed E-state index contributed by atoms with van der Waals surface area (Å²) in [5.74, 6) is 0. The van der Waals surface area contributed by atoms with Gasteiger partial charge in [-0.15, -0.1) is 0 Å². The predicted octanol–water partition coefficient (Wildman–Crippen LogP) is 2.45. The highest BCUT2D eigenvalue weighted by molar-refractivity contribution is 5.66. The van der Waals surface area contributed by atoms with Crippen molar-refractivity contribution in [1.82, 2.24) is 24.1 Å². The van der Waals surface area contributed by atoms with Crippen LogP contribution in [0.2, 0.25) is 0 Å². The van der Waals surface area contributed by atoms with Gasteiger partial charge in [0.15, 0.2) is 5.65 Å². The van der Waals surface area contributed by atoms with E-state index in [4.69, 9.17) is 5.26 Å². The predicted molar refractivity (Wildman–Crippen MR) is 80.3 cm³/mol. The molecular formula is C16H10N6. The van der Waals surface area contributed by atoms with Crippen molar-refractivity contribution in [2.75, 3.05) is 0 Å². The van der Waals surface area contributed by atoms with Crippen molar-refractivity contribution in [1.29, 1.82) is 5.26 Å². The van der Waals surface area contributed by atoms with Crippen LogP contribution in [0.25, 0.3) is 22.6 Å². The molecule has 1 aromatic carbocycles. The van der Waals surface area contributed by atoms with E-state index in [-0.39, 0.29) is 0 Å². The molecule has 0 saturated heterocycles. The number of aromatic nitrogens is 5. The van der Waals surface area contributed by atoms with Gasteiger partial charge in [-0.3, -0.25) is 0 Å². The largest absolute Gasteiger partial charge is 0.306 e. The fourth-order valence-corrected chi connectivity index (χ4v) is 2.41. The van der Waals surface area contributed by atoms with Gasteiger partial charge in [0.1, 0.15) is 11.6 Å². The Morgan fingerprint density at radius 1 is 1.05 bits per heavy atom. The highest BCUT2D eigenvalue weighted by Crippen LogP contribution is 2.22. The molecule has 3 heterocycles. The lowest BCUT2D eigenvalue weighted by molar-refractivity contribution is 0.947. The first-order valence-electron chi connectivity index (χ1n) is 6.68. The third-order valence-corrected chi connectivity index (χ3v) is 3.49. The summed E-state index contributed by atoms with van der Waals surface area (Å²) < 4.78 is 3.62. The lowest BCUT2D eigenvalue weighted by Gasteiger charge is -2.06. The van der Waals surface area contributed by atoms with E-state index < -0.39 is 0 Å². The maximum absolute atomic E-state index is 9.08. The summed E-state index contributed by atoms with van der Waals surface area (Å²) in [6.45, 7) is 0. The maximum atomic E-state index is 9.08. The number of rotatable bonds is 2. The molecule has 0 atom stereocenters. The zero-order chi connectivity index (χ0) is 14.9. The molecule has 3 aromatic heterocycles. The molecule has 104 valence electrons. The van der Waals surface area contributed by atoms with Gasteiger partial charge in [0.25, 0.3) is 0 Å². The van der Waals surface area contributed by atoms with Crippen molar-refractivity contribution in [3.05, 3.63) is 67.0 Å². The fraction of sp³-hybridized carbons (Fsp3) is 0. The first-order valence-corrected chi connectivity index (χ1v) is 6.68. The minimum Gasteiger partial charge on any atom is -0.306 e. The van der Waals surface area contributed by atoms with Crippen LogP contribution in [0.4, 0.5) is 0 Å². The van der Waals surface area contributed by atoms with Crippen LogP contribution in [0.15, 0.2) is 61.4 Å². The van der Waals surface area contributed by atoms with E-state index in [1.54, 1.807) is 23.2 Å². The van der Waals surface area contributed by atoms with E-state index >= 15 is 0 Å². The summed E-state index contributed by atoms with van der Waals surface area (Å²) in [6, 6.07) is 12.0. The van der Waals surface area contributed by atoms with Gasteiger partial charge in [-0.05, 0) is 18.2 Å². The van der Waals surface area contributed by atoms with Gasteiger partial charge in [0.05, 0.1) is 18.2 Å². The lowest BCUT2D eigenvalue weighted by atomic mass is 10.1. The second-order valence-corrected chi connectivity index (χ2v) is 4.75. The van der Waals surface area contributed by atoms with Crippen LogP contribution in [-0.2, 0) is 0 Å². The van der Waals surface area contributed by atoms with Crippen LogP contribution in [0, 0.1) is 11.3 Å². The molecule has 0 aliphatic heterocycles. The summed E-state index contributed by atoms with van der Waals surface area (Å²) >= 11 is 0. The van der Waals surface area contributed by atoms with Crippen LogP contribution in [-0.4, -0.2) is 24.1 Å². The Hall–Kier alpha value is -3.46. The molecule has 0 aliphatic rings. The van der Waals surface area contributed by atoms with Gasteiger partial charge < -0.3 is 4.57 Å². The second kappa shape index (κ2) is 4.82. The molecule has 0 aliphatic carbocycles. The molecule has 0 saturated carbocycles.